The molecule has 0 saturated heterocycles. The smallest absolute Gasteiger partial charge is 0.182 e. The van der Waals surface area contributed by atoms with E-state index in [2.05, 4.69) is 55.0 Å². The first-order valence-corrected chi connectivity index (χ1v) is 9.54. The Morgan fingerprint density at radius 1 is 1.11 bits per heavy atom. The van der Waals surface area contributed by atoms with Crippen molar-refractivity contribution < 1.29 is 5.11 Å². The molecule has 0 unspecified atom stereocenters. The molecular weight excluding hydrogens is 354 g/mol. The number of aromatic amines is 2. The molecule has 4 aromatic rings. The Kier molecular flexibility index (Phi) is 4.19. The minimum atomic E-state index is 0.266. The van der Waals surface area contributed by atoms with Crippen LogP contribution in [0, 0.1) is 25.5 Å². The molecule has 0 radical (unpaired) electrons. The monoisotopic (exact) mass is 377 g/mol. The molecule has 2 aromatic heterocycles. The van der Waals surface area contributed by atoms with Crippen molar-refractivity contribution in [1.82, 2.24) is 14.5 Å². The van der Waals surface area contributed by atoms with E-state index >= 15 is 0 Å². The summed E-state index contributed by atoms with van der Waals surface area (Å²) < 4.78 is 2.59. The van der Waals surface area contributed by atoms with Crippen LogP contribution in [0.3, 0.4) is 0 Å². The second kappa shape index (κ2) is 6.43. The third-order valence-electron chi connectivity index (χ3n) is 5.44. The first-order valence-electron chi connectivity index (χ1n) is 9.13. The van der Waals surface area contributed by atoms with Crippen LogP contribution in [0.2, 0.25) is 0 Å². The number of aromatic nitrogens is 3. The molecule has 0 amide bonds. The molecule has 2 aromatic carbocycles. The molecule has 0 aliphatic heterocycles. The molecular formula is C22H23N3OS. The summed E-state index contributed by atoms with van der Waals surface area (Å²) in [6.07, 6.45) is 2.78. The Morgan fingerprint density at radius 2 is 1.89 bits per heavy atom. The van der Waals surface area contributed by atoms with Gasteiger partial charge in [0.1, 0.15) is 5.75 Å². The third-order valence-corrected chi connectivity index (χ3v) is 5.74. The van der Waals surface area contributed by atoms with Crippen LogP contribution in [-0.4, -0.2) is 19.6 Å². The summed E-state index contributed by atoms with van der Waals surface area (Å²) in [4.78, 5) is 6.55. The highest BCUT2D eigenvalue weighted by atomic mass is 32.1. The van der Waals surface area contributed by atoms with Crippen molar-refractivity contribution in [3.63, 3.8) is 0 Å². The van der Waals surface area contributed by atoms with Crippen LogP contribution in [0.25, 0.3) is 27.8 Å². The van der Waals surface area contributed by atoms with Crippen LogP contribution in [0.15, 0.2) is 36.5 Å². The number of aromatic hydroxyl groups is 1. The van der Waals surface area contributed by atoms with Crippen LogP contribution in [-0.2, 0) is 6.42 Å². The van der Waals surface area contributed by atoms with E-state index in [0.717, 1.165) is 34.4 Å². The lowest BCUT2D eigenvalue weighted by Crippen LogP contribution is -1.98. The second-order valence-corrected chi connectivity index (χ2v) is 7.46. The number of phenols is 1. The lowest BCUT2D eigenvalue weighted by atomic mass is 10.00. The van der Waals surface area contributed by atoms with Gasteiger partial charge in [-0.3, -0.25) is 4.57 Å². The third kappa shape index (κ3) is 2.79. The van der Waals surface area contributed by atoms with Gasteiger partial charge in [-0.1, -0.05) is 6.92 Å². The molecule has 0 atom stereocenters. The maximum atomic E-state index is 10.6. The van der Waals surface area contributed by atoms with Crippen LogP contribution in [0.5, 0.6) is 5.75 Å². The fourth-order valence-corrected chi connectivity index (χ4v) is 4.00. The van der Waals surface area contributed by atoms with E-state index in [9.17, 15) is 5.11 Å². The first kappa shape index (κ1) is 17.6. The molecule has 0 spiro atoms. The molecule has 138 valence electrons. The molecule has 0 bridgehead atoms. The molecule has 4 rings (SSSR count). The normalized spacial score (nSPS) is 11.4. The van der Waals surface area contributed by atoms with Gasteiger partial charge in [-0.15, -0.1) is 0 Å². The van der Waals surface area contributed by atoms with Crippen molar-refractivity contribution in [2.45, 2.75) is 34.1 Å². The average Bonchev–Trinajstić information content (AvgIpc) is 3.15. The van der Waals surface area contributed by atoms with Gasteiger partial charge in [0.15, 0.2) is 4.77 Å². The maximum Gasteiger partial charge on any atom is 0.182 e. The number of aryl methyl sites for hydroxylation is 4. The predicted molar refractivity (Wildman–Crippen MR) is 114 cm³/mol. The number of H-pyrrole nitrogens is 2. The number of nitrogens with one attached hydrogen (secondary N) is 2. The van der Waals surface area contributed by atoms with Gasteiger partial charge in [0.25, 0.3) is 0 Å². The van der Waals surface area contributed by atoms with E-state index in [-0.39, 0.29) is 5.75 Å². The van der Waals surface area contributed by atoms with Crippen LogP contribution < -0.4 is 0 Å². The highest BCUT2D eigenvalue weighted by Gasteiger charge is 2.15. The maximum absolute atomic E-state index is 10.6. The topological polar surface area (TPSA) is 56.7 Å². The Bertz CT molecular complexity index is 1230. The summed E-state index contributed by atoms with van der Waals surface area (Å²) in [6, 6.07) is 10.2. The number of imidazole rings is 1. The van der Waals surface area contributed by atoms with Crippen molar-refractivity contribution in [3.8, 4) is 22.7 Å². The number of rotatable bonds is 3. The van der Waals surface area contributed by atoms with Crippen LogP contribution in [0.1, 0.15) is 29.3 Å². The minimum absolute atomic E-state index is 0.266. The Hall–Kier alpha value is -2.79. The van der Waals surface area contributed by atoms with E-state index in [1.54, 1.807) is 0 Å². The number of phenolic OH excluding ortho intramolecular Hbond substituents is 1. The van der Waals surface area contributed by atoms with Crippen LogP contribution in [0.4, 0.5) is 0 Å². The van der Waals surface area contributed by atoms with E-state index in [1.807, 2.05) is 23.8 Å². The van der Waals surface area contributed by atoms with E-state index in [1.165, 1.54) is 22.2 Å². The van der Waals surface area contributed by atoms with Crippen LogP contribution >= 0.6 is 12.2 Å². The summed E-state index contributed by atoms with van der Waals surface area (Å²) >= 11 is 5.56. The predicted octanol–water partition coefficient (Wildman–Crippen LogP) is 5.88. The second-order valence-electron chi connectivity index (χ2n) is 7.07. The highest BCUT2D eigenvalue weighted by molar-refractivity contribution is 7.71. The molecule has 2 heterocycles. The average molecular weight is 378 g/mol. The summed E-state index contributed by atoms with van der Waals surface area (Å²) in [6.45, 7) is 8.35. The molecule has 0 saturated carbocycles. The van der Waals surface area contributed by atoms with Crippen molar-refractivity contribution >= 4 is 23.1 Å². The summed E-state index contributed by atoms with van der Waals surface area (Å²) in [5.41, 5.74) is 8.45. The molecule has 3 N–H and O–H groups in total. The van der Waals surface area contributed by atoms with Gasteiger partial charge < -0.3 is 15.1 Å². The van der Waals surface area contributed by atoms with E-state index in [4.69, 9.17) is 12.2 Å². The first-order chi connectivity index (χ1) is 12.9. The molecule has 0 aliphatic rings. The zero-order valence-electron chi connectivity index (χ0n) is 16.0. The number of nitrogens with zero attached hydrogens (tertiary/aromatic N) is 1. The lowest BCUT2D eigenvalue weighted by molar-refractivity contribution is 0.476. The molecule has 0 aliphatic carbocycles. The van der Waals surface area contributed by atoms with Crippen molar-refractivity contribution in [2.75, 3.05) is 0 Å². The largest absolute Gasteiger partial charge is 0.507 e. The van der Waals surface area contributed by atoms with Gasteiger partial charge >= 0.3 is 0 Å². The molecule has 4 nitrogen and oxygen atoms in total. The van der Waals surface area contributed by atoms with Gasteiger partial charge in [0, 0.05) is 34.0 Å². The minimum Gasteiger partial charge on any atom is -0.507 e. The van der Waals surface area contributed by atoms with Gasteiger partial charge in [-0.2, -0.15) is 0 Å². The molecule has 0 fully saturated rings. The van der Waals surface area contributed by atoms with Gasteiger partial charge in [-0.25, -0.2) is 0 Å². The summed E-state index contributed by atoms with van der Waals surface area (Å²) in [7, 11) is 0. The number of hydrogen-bond donors (Lipinski definition) is 3. The van der Waals surface area contributed by atoms with E-state index < -0.39 is 0 Å². The quantitative estimate of drug-likeness (QED) is 0.391. The number of fused-ring (bicyclic) bond motifs is 1. The van der Waals surface area contributed by atoms with Crippen molar-refractivity contribution in [3.05, 3.63) is 63.7 Å². The summed E-state index contributed by atoms with van der Waals surface area (Å²) in [5.74, 6) is 0.266. The van der Waals surface area contributed by atoms with Crippen molar-refractivity contribution in [2.24, 2.45) is 0 Å². The fourth-order valence-electron chi connectivity index (χ4n) is 3.74. The van der Waals surface area contributed by atoms with Gasteiger partial charge in [0.2, 0.25) is 0 Å². The zero-order chi connectivity index (χ0) is 19.3. The van der Waals surface area contributed by atoms with Gasteiger partial charge in [-0.05, 0) is 86.4 Å². The molecule has 27 heavy (non-hydrogen) atoms. The van der Waals surface area contributed by atoms with Crippen molar-refractivity contribution in [1.29, 1.82) is 0 Å². The number of benzene rings is 2. The summed E-state index contributed by atoms with van der Waals surface area (Å²) in [5, 5.41) is 11.8. The standard InChI is InChI=1S/C22H23N3OS/c1-5-15-9-18(21(26)8-12(15)2)20-11-23-22(27)25(20)16-6-7-19-17(10-16)13(3)14(4)24-19/h6-11,24,26H,5H2,1-4H3,(H,23,27). The highest BCUT2D eigenvalue weighted by Crippen LogP contribution is 2.34. The fraction of sp³-hybridized carbons (Fsp3) is 0.227. The zero-order valence-corrected chi connectivity index (χ0v) is 16.8. The van der Waals surface area contributed by atoms with E-state index in [0.29, 0.717) is 4.77 Å². The lowest BCUT2D eigenvalue weighted by Gasteiger charge is -2.13. The Morgan fingerprint density at radius 3 is 2.63 bits per heavy atom. The Labute approximate surface area is 163 Å². The molecule has 5 heteroatoms. The Balaban J connectivity index is 1.96. The SMILES string of the molecule is CCc1cc(-c2c[nH]c(=S)n2-c2ccc3[nH]c(C)c(C)c3c2)c(O)cc1C. The van der Waals surface area contributed by atoms with Gasteiger partial charge in [0.05, 0.1) is 5.69 Å². The number of hydrogen-bond acceptors (Lipinski definition) is 2.